The molecule has 4 nitrogen and oxygen atoms in total. The average molecular weight is 222 g/mol. The molecule has 0 saturated heterocycles. The van der Waals surface area contributed by atoms with Crippen LogP contribution in [0.15, 0.2) is 0 Å². The van der Waals surface area contributed by atoms with Gasteiger partial charge in [0.2, 0.25) is 0 Å². The van der Waals surface area contributed by atoms with Gasteiger partial charge in [-0.1, -0.05) is 26.2 Å². The Hall–Kier alpha value is 1.51. The summed E-state index contributed by atoms with van der Waals surface area (Å²) >= 11 is 0. The number of hydrogen-bond donors (Lipinski definition) is 1. The van der Waals surface area contributed by atoms with Gasteiger partial charge in [0.1, 0.15) is 0 Å². The van der Waals surface area contributed by atoms with E-state index in [1.165, 1.54) is 0 Å². The minimum atomic E-state index is -4.21. The van der Waals surface area contributed by atoms with Crippen molar-refractivity contribution < 1.29 is 70.0 Å². The molecule has 0 spiro atoms. The van der Waals surface area contributed by atoms with E-state index in [2.05, 4.69) is 11.1 Å². The summed E-state index contributed by atoms with van der Waals surface area (Å²) in [5, 5.41) is 0. The zero-order valence-corrected chi connectivity index (χ0v) is 11.6. The molecule has 0 atom stereocenters. The van der Waals surface area contributed by atoms with Gasteiger partial charge in [-0.15, -0.1) is 0 Å². The normalized spacial score (nSPS) is 10.8. The van der Waals surface area contributed by atoms with Crippen molar-refractivity contribution in [2.45, 2.75) is 32.6 Å². The van der Waals surface area contributed by atoms with Crippen molar-refractivity contribution in [3.63, 3.8) is 0 Å². The van der Waals surface area contributed by atoms with Gasteiger partial charge in [0.15, 0.2) is 0 Å². The summed E-state index contributed by atoms with van der Waals surface area (Å²) in [5.74, 6) is 0. The summed E-state index contributed by atoms with van der Waals surface area (Å²) < 4.78 is 32.2. The van der Waals surface area contributed by atoms with Gasteiger partial charge >= 0.3 is 61.8 Å². The molecule has 0 aromatic heterocycles. The molecule has 0 aliphatic rings. The van der Waals surface area contributed by atoms with Crippen LogP contribution in [-0.2, 0) is 14.6 Å². The van der Waals surface area contributed by atoms with Gasteiger partial charge in [-0.25, -0.2) is 4.18 Å². The SMILES string of the molecule is CCCCCCOS(=O)(=O)O.[H-].[K+]. The van der Waals surface area contributed by atoms with Crippen molar-refractivity contribution in [3.05, 3.63) is 0 Å². The molecular formula is C6H15KO4S. The third kappa shape index (κ3) is 14.1. The van der Waals surface area contributed by atoms with Gasteiger partial charge in [-0.3, -0.25) is 4.55 Å². The molecule has 0 fully saturated rings. The first kappa shape index (κ1) is 16.0. The van der Waals surface area contributed by atoms with E-state index in [0.717, 1.165) is 19.3 Å². The van der Waals surface area contributed by atoms with Crippen molar-refractivity contribution >= 4 is 10.4 Å². The molecule has 70 valence electrons. The largest absolute Gasteiger partial charge is 1.00 e. The second-order valence-corrected chi connectivity index (χ2v) is 3.40. The third-order valence-corrected chi connectivity index (χ3v) is 1.69. The summed E-state index contributed by atoms with van der Waals surface area (Å²) in [5.41, 5.74) is 0. The molecule has 0 rings (SSSR count). The summed E-state index contributed by atoms with van der Waals surface area (Å²) in [6, 6.07) is 0. The van der Waals surface area contributed by atoms with E-state index in [-0.39, 0.29) is 59.4 Å². The molecule has 1 N–H and O–H groups in total. The average Bonchev–Trinajstić information content (AvgIpc) is 1.85. The Morgan fingerprint density at radius 3 is 2.33 bits per heavy atom. The monoisotopic (exact) mass is 222 g/mol. The second-order valence-electron chi connectivity index (χ2n) is 2.31. The van der Waals surface area contributed by atoms with Crippen molar-refractivity contribution in [3.8, 4) is 0 Å². The third-order valence-electron chi connectivity index (χ3n) is 1.23. The van der Waals surface area contributed by atoms with Gasteiger partial charge in [-0.05, 0) is 6.42 Å². The first-order valence-corrected chi connectivity index (χ1v) is 5.04. The minimum Gasteiger partial charge on any atom is -1.00 e. The molecule has 0 aromatic carbocycles. The van der Waals surface area contributed by atoms with E-state index in [9.17, 15) is 8.42 Å². The maximum absolute atomic E-state index is 10.00. The van der Waals surface area contributed by atoms with Crippen molar-refractivity contribution in [2.75, 3.05) is 6.61 Å². The Kier molecular flexibility index (Phi) is 12.1. The Bertz CT molecular complexity index is 183. The maximum atomic E-state index is 10.00. The summed E-state index contributed by atoms with van der Waals surface area (Å²) in [7, 11) is -4.21. The zero-order chi connectivity index (χ0) is 8.74. The van der Waals surface area contributed by atoms with Crippen molar-refractivity contribution in [1.29, 1.82) is 0 Å². The number of rotatable bonds is 6. The molecule has 0 heterocycles. The van der Waals surface area contributed by atoms with Crippen LogP contribution in [0.3, 0.4) is 0 Å². The van der Waals surface area contributed by atoms with Crippen LogP contribution in [0, 0.1) is 0 Å². The minimum absolute atomic E-state index is 0. The Morgan fingerprint density at radius 1 is 1.33 bits per heavy atom. The van der Waals surface area contributed by atoms with Crippen LogP contribution in [0.1, 0.15) is 34.0 Å². The topological polar surface area (TPSA) is 63.6 Å². The molecule has 0 saturated carbocycles. The van der Waals surface area contributed by atoms with Gasteiger partial charge in [-0.2, -0.15) is 8.42 Å². The molecule has 6 heteroatoms. The molecule has 0 amide bonds. The van der Waals surface area contributed by atoms with Gasteiger partial charge in [0, 0.05) is 0 Å². The van der Waals surface area contributed by atoms with E-state index in [1.54, 1.807) is 0 Å². The predicted octanol–water partition coefficient (Wildman–Crippen LogP) is -1.50. The Morgan fingerprint density at radius 2 is 1.92 bits per heavy atom. The van der Waals surface area contributed by atoms with Crippen LogP contribution < -0.4 is 51.4 Å². The van der Waals surface area contributed by atoms with Crippen LogP contribution in [0.5, 0.6) is 0 Å². The first-order valence-electron chi connectivity index (χ1n) is 3.68. The quantitative estimate of drug-likeness (QED) is 0.338. The standard InChI is InChI=1S/C6H14O4S.K.H/c1-2-3-4-5-6-10-11(7,8)9;;/h2-6H2,1H3,(H,7,8,9);;/q;+1;-1. The molecule has 0 unspecified atom stereocenters. The molecule has 0 aliphatic heterocycles. The van der Waals surface area contributed by atoms with Crippen LogP contribution in [0.2, 0.25) is 0 Å². The van der Waals surface area contributed by atoms with Gasteiger partial charge in [0.05, 0.1) is 6.61 Å². The number of hydrogen-bond acceptors (Lipinski definition) is 3. The first-order chi connectivity index (χ1) is 5.06. The molecular weight excluding hydrogens is 207 g/mol. The van der Waals surface area contributed by atoms with Crippen molar-refractivity contribution in [2.24, 2.45) is 0 Å². The van der Waals surface area contributed by atoms with Crippen molar-refractivity contribution in [1.82, 2.24) is 0 Å². The summed E-state index contributed by atoms with van der Waals surface area (Å²) in [6.45, 7) is 2.14. The molecule has 0 aliphatic carbocycles. The predicted molar refractivity (Wildman–Crippen MR) is 42.8 cm³/mol. The molecule has 0 aromatic rings. The maximum Gasteiger partial charge on any atom is 1.00 e. The number of unbranched alkanes of at least 4 members (excludes halogenated alkanes) is 3. The van der Waals surface area contributed by atoms with E-state index in [4.69, 9.17) is 4.55 Å². The van der Waals surface area contributed by atoms with Gasteiger partial charge in [0.25, 0.3) is 0 Å². The smallest absolute Gasteiger partial charge is 1.00 e. The summed E-state index contributed by atoms with van der Waals surface area (Å²) in [4.78, 5) is 0. The zero-order valence-electron chi connectivity index (χ0n) is 8.62. The van der Waals surface area contributed by atoms with Crippen LogP contribution in [0.4, 0.5) is 0 Å². The van der Waals surface area contributed by atoms with Crippen LogP contribution in [0.25, 0.3) is 0 Å². The van der Waals surface area contributed by atoms with Crippen LogP contribution in [-0.4, -0.2) is 19.6 Å². The fourth-order valence-electron chi connectivity index (χ4n) is 0.693. The van der Waals surface area contributed by atoms with E-state index < -0.39 is 10.4 Å². The fraction of sp³-hybridized carbons (Fsp3) is 1.00. The Balaban J connectivity index is -0.000000500. The fourth-order valence-corrected chi connectivity index (χ4v) is 1.02. The Labute approximate surface area is 118 Å². The van der Waals surface area contributed by atoms with E-state index >= 15 is 0 Å². The second kappa shape index (κ2) is 9.08. The van der Waals surface area contributed by atoms with E-state index in [0.29, 0.717) is 6.42 Å². The molecule has 12 heavy (non-hydrogen) atoms. The van der Waals surface area contributed by atoms with E-state index in [1.807, 2.05) is 0 Å². The molecule has 0 radical (unpaired) electrons. The van der Waals surface area contributed by atoms with Gasteiger partial charge < -0.3 is 1.43 Å². The summed E-state index contributed by atoms with van der Waals surface area (Å²) in [6.07, 6.45) is 3.76. The molecule has 0 bridgehead atoms. The van der Waals surface area contributed by atoms with Crippen LogP contribution >= 0.6 is 0 Å².